The predicted octanol–water partition coefficient (Wildman–Crippen LogP) is 5.01. The number of halogens is 3. The number of carboxylic acid groups (broad SMARTS) is 1. The Labute approximate surface area is 194 Å². The molecule has 6 nitrogen and oxygen atoms in total. The Morgan fingerprint density at radius 2 is 1.71 bits per heavy atom. The molecule has 1 aliphatic heterocycles. The van der Waals surface area contributed by atoms with Crippen molar-refractivity contribution >= 4 is 28.5 Å². The molecule has 9 heteroatoms. The van der Waals surface area contributed by atoms with Crippen LogP contribution in [0.3, 0.4) is 0 Å². The van der Waals surface area contributed by atoms with E-state index in [1.807, 2.05) is 36.5 Å². The molecule has 180 valence electrons. The van der Waals surface area contributed by atoms with Gasteiger partial charge in [0.25, 0.3) is 5.91 Å². The second-order valence-corrected chi connectivity index (χ2v) is 8.64. The lowest BCUT2D eigenvalue weighted by Gasteiger charge is -2.36. The van der Waals surface area contributed by atoms with Crippen molar-refractivity contribution in [2.75, 3.05) is 18.4 Å². The van der Waals surface area contributed by atoms with Gasteiger partial charge in [-0.2, -0.15) is 13.2 Å². The molecule has 1 aromatic heterocycles. The van der Waals surface area contributed by atoms with Gasteiger partial charge in [-0.25, -0.2) is 4.79 Å². The summed E-state index contributed by atoms with van der Waals surface area (Å²) in [5, 5.41) is 11.3. The van der Waals surface area contributed by atoms with Crippen LogP contribution in [0.25, 0.3) is 10.9 Å². The summed E-state index contributed by atoms with van der Waals surface area (Å²) in [5.41, 5.74) is 5.37. The predicted molar refractivity (Wildman–Crippen MR) is 123 cm³/mol. The molecule has 0 spiro atoms. The molecular formula is C25H26F3N3O3. The fourth-order valence-electron chi connectivity index (χ4n) is 4.33. The number of benzene rings is 2. The van der Waals surface area contributed by atoms with Crippen molar-refractivity contribution in [3.63, 3.8) is 0 Å². The van der Waals surface area contributed by atoms with Crippen LogP contribution < -0.4 is 5.32 Å². The van der Waals surface area contributed by atoms with Crippen LogP contribution in [0.2, 0.25) is 0 Å². The van der Waals surface area contributed by atoms with Crippen molar-refractivity contribution in [2.45, 2.75) is 44.3 Å². The second-order valence-electron chi connectivity index (χ2n) is 8.64. The van der Waals surface area contributed by atoms with Gasteiger partial charge < -0.3 is 15.4 Å². The van der Waals surface area contributed by atoms with Crippen molar-refractivity contribution in [1.82, 2.24) is 9.88 Å². The van der Waals surface area contributed by atoms with E-state index in [1.165, 1.54) is 36.9 Å². The number of carbonyl (C=O) groups is 2. The Morgan fingerprint density at radius 1 is 1.00 bits per heavy atom. The largest absolute Gasteiger partial charge is 0.490 e. The number of anilines is 1. The minimum Gasteiger partial charge on any atom is -0.475 e. The Kier molecular flexibility index (Phi) is 6.92. The quantitative estimate of drug-likeness (QED) is 0.500. The molecule has 3 N–H and O–H groups in total. The number of hydrogen-bond donors (Lipinski definition) is 3. The number of alkyl halides is 3. The highest BCUT2D eigenvalue weighted by Crippen LogP contribution is 2.28. The fraction of sp³-hybridized carbons (Fsp3) is 0.360. The van der Waals surface area contributed by atoms with E-state index >= 15 is 0 Å². The molecule has 1 saturated carbocycles. The smallest absolute Gasteiger partial charge is 0.475 e. The van der Waals surface area contributed by atoms with E-state index in [2.05, 4.69) is 27.3 Å². The second kappa shape index (κ2) is 9.89. The topological polar surface area (TPSA) is 85.4 Å². The Hall–Kier alpha value is -3.33. The summed E-state index contributed by atoms with van der Waals surface area (Å²) in [4.78, 5) is 27.4. The van der Waals surface area contributed by atoms with Gasteiger partial charge in [0.1, 0.15) is 0 Å². The molecule has 1 aliphatic carbocycles. The molecule has 5 rings (SSSR count). The number of nitrogens with zero attached hydrogens (tertiary/aromatic N) is 1. The maximum Gasteiger partial charge on any atom is 0.490 e. The van der Waals surface area contributed by atoms with Gasteiger partial charge in [-0.3, -0.25) is 9.69 Å². The zero-order valence-corrected chi connectivity index (χ0v) is 18.5. The zero-order valence-electron chi connectivity index (χ0n) is 18.5. The molecule has 0 unspecified atom stereocenters. The first-order chi connectivity index (χ1) is 16.2. The van der Waals surface area contributed by atoms with Gasteiger partial charge in [-0.1, -0.05) is 18.6 Å². The molecule has 0 saturated heterocycles. The van der Waals surface area contributed by atoms with E-state index < -0.39 is 12.1 Å². The number of aromatic amines is 1. The van der Waals surface area contributed by atoms with Crippen molar-refractivity contribution in [2.24, 2.45) is 0 Å². The highest BCUT2D eigenvalue weighted by atomic mass is 19.4. The van der Waals surface area contributed by atoms with Gasteiger partial charge in [-0.05, 0) is 72.5 Å². The van der Waals surface area contributed by atoms with Gasteiger partial charge in [0, 0.05) is 42.1 Å². The maximum absolute atomic E-state index is 12.7. The van der Waals surface area contributed by atoms with E-state index in [4.69, 9.17) is 9.90 Å². The van der Waals surface area contributed by atoms with Crippen LogP contribution in [-0.4, -0.2) is 52.2 Å². The van der Waals surface area contributed by atoms with Crippen LogP contribution in [0.15, 0.2) is 48.7 Å². The summed E-state index contributed by atoms with van der Waals surface area (Å²) in [6, 6.07) is 15.0. The van der Waals surface area contributed by atoms with Crippen LogP contribution >= 0.6 is 0 Å². The number of carboxylic acids is 1. The molecule has 2 heterocycles. The van der Waals surface area contributed by atoms with Crippen molar-refractivity contribution in [3.05, 3.63) is 65.4 Å². The van der Waals surface area contributed by atoms with E-state index in [0.717, 1.165) is 42.0 Å². The summed E-state index contributed by atoms with van der Waals surface area (Å²) in [6.07, 6.45) is 3.11. The average Bonchev–Trinajstić information content (AvgIpc) is 3.13. The van der Waals surface area contributed by atoms with Crippen LogP contribution in [0.4, 0.5) is 18.9 Å². The molecular weight excluding hydrogens is 447 g/mol. The Bertz CT molecular complexity index is 1180. The van der Waals surface area contributed by atoms with Gasteiger partial charge in [-0.15, -0.1) is 0 Å². The van der Waals surface area contributed by atoms with Crippen molar-refractivity contribution in [3.8, 4) is 0 Å². The van der Waals surface area contributed by atoms with Crippen LogP contribution in [0.5, 0.6) is 0 Å². The summed E-state index contributed by atoms with van der Waals surface area (Å²) in [7, 11) is 0. The molecule has 1 fully saturated rings. The van der Waals surface area contributed by atoms with Gasteiger partial charge in [0.05, 0.1) is 0 Å². The SMILES string of the molecule is O=C(Nc1ccc2c(c1)CCN(C1CCC1)CC2)c1ccc2cc[nH]c2c1.O=C(O)C(F)(F)F. The van der Waals surface area contributed by atoms with E-state index in [9.17, 15) is 18.0 Å². The van der Waals surface area contributed by atoms with Crippen LogP contribution in [-0.2, 0) is 17.6 Å². The first-order valence-electron chi connectivity index (χ1n) is 11.2. The minimum absolute atomic E-state index is 0.0591. The molecule has 1 amide bonds. The average molecular weight is 473 g/mol. The standard InChI is InChI=1S/C23H25N3O.C2HF3O2/c27-23(19-5-4-17-8-11-24-22(17)15-19)25-20-7-6-16-9-12-26(21-2-1-3-21)13-10-18(16)14-20;3-2(4,5)1(6)7/h4-8,11,14-15,21,24H,1-3,9-10,12-13H2,(H,25,27);(H,6,7). The number of carbonyl (C=O) groups excluding carboxylic acids is 1. The summed E-state index contributed by atoms with van der Waals surface area (Å²) in [6.45, 7) is 2.30. The molecule has 2 aromatic carbocycles. The van der Waals surface area contributed by atoms with Crippen molar-refractivity contribution < 1.29 is 27.9 Å². The van der Waals surface area contributed by atoms with Gasteiger partial charge >= 0.3 is 12.1 Å². The minimum atomic E-state index is -5.08. The highest BCUT2D eigenvalue weighted by molar-refractivity contribution is 6.06. The highest BCUT2D eigenvalue weighted by Gasteiger charge is 2.38. The number of rotatable bonds is 3. The van der Waals surface area contributed by atoms with E-state index in [1.54, 1.807) is 0 Å². The first-order valence-corrected chi connectivity index (χ1v) is 11.2. The van der Waals surface area contributed by atoms with E-state index in [-0.39, 0.29) is 5.91 Å². The lowest BCUT2D eigenvalue weighted by Crippen LogP contribution is -2.41. The number of aromatic nitrogens is 1. The fourth-order valence-corrected chi connectivity index (χ4v) is 4.33. The van der Waals surface area contributed by atoms with Crippen LogP contribution in [0.1, 0.15) is 40.7 Å². The third kappa shape index (κ3) is 5.59. The molecule has 0 bridgehead atoms. The van der Waals surface area contributed by atoms with E-state index in [0.29, 0.717) is 5.56 Å². The Morgan fingerprint density at radius 3 is 2.35 bits per heavy atom. The maximum atomic E-state index is 12.7. The number of amides is 1. The van der Waals surface area contributed by atoms with Gasteiger partial charge in [0.15, 0.2) is 0 Å². The Balaban J connectivity index is 0.000000344. The summed E-state index contributed by atoms with van der Waals surface area (Å²) in [5.74, 6) is -2.82. The van der Waals surface area contributed by atoms with Crippen LogP contribution in [0, 0.1) is 0 Å². The van der Waals surface area contributed by atoms with Gasteiger partial charge in [0.2, 0.25) is 0 Å². The lowest BCUT2D eigenvalue weighted by molar-refractivity contribution is -0.192. The number of nitrogens with one attached hydrogen (secondary N) is 2. The summed E-state index contributed by atoms with van der Waals surface area (Å²) >= 11 is 0. The number of fused-ring (bicyclic) bond motifs is 2. The monoisotopic (exact) mass is 473 g/mol. The summed E-state index contributed by atoms with van der Waals surface area (Å²) < 4.78 is 31.7. The lowest BCUT2D eigenvalue weighted by atomic mass is 9.91. The molecule has 0 radical (unpaired) electrons. The normalized spacial score (nSPS) is 16.6. The number of H-pyrrole nitrogens is 1. The molecule has 3 aromatic rings. The third-order valence-electron chi connectivity index (χ3n) is 6.45. The number of hydrogen-bond acceptors (Lipinski definition) is 3. The number of aliphatic carboxylic acids is 1. The molecule has 0 atom stereocenters. The van der Waals surface area contributed by atoms with Crippen molar-refractivity contribution in [1.29, 1.82) is 0 Å². The molecule has 2 aliphatic rings. The molecule has 34 heavy (non-hydrogen) atoms. The first kappa shape index (κ1) is 23.8. The zero-order chi connectivity index (χ0) is 24.3. The third-order valence-corrected chi connectivity index (χ3v) is 6.45.